The number of carbonyl (C=O) groups is 2. The van der Waals surface area contributed by atoms with Crippen LogP contribution in [-0.4, -0.2) is 22.9 Å². The summed E-state index contributed by atoms with van der Waals surface area (Å²) in [6.07, 6.45) is 1.12. The molecular formula is C14H11F2NO4. The summed E-state index contributed by atoms with van der Waals surface area (Å²) < 4.78 is 32.4. The monoisotopic (exact) mass is 295 g/mol. The Kier molecular flexibility index (Phi) is 4.02. The minimum Gasteiger partial charge on any atom is -0.477 e. The number of benzene rings is 1. The van der Waals surface area contributed by atoms with Crippen LogP contribution in [-0.2, 0) is 4.79 Å². The summed E-state index contributed by atoms with van der Waals surface area (Å²) in [7, 11) is 0. The summed E-state index contributed by atoms with van der Waals surface area (Å²) in [5, 5.41) is 10.6. The first-order valence-electron chi connectivity index (χ1n) is 5.93. The molecule has 1 unspecified atom stereocenters. The summed E-state index contributed by atoms with van der Waals surface area (Å²) in [5.74, 6) is -7.72. The lowest BCUT2D eigenvalue weighted by Crippen LogP contribution is -2.45. The highest BCUT2D eigenvalue weighted by atomic mass is 19.3. The van der Waals surface area contributed by atoms with Crippen LogP contribution in [0.5, 0.6) is 0 Å². The molecule has 0 saturated carbocycles. The van der Waals surface area contributed by atoms with Crippen molar-refractivity contribution in [1.29, 1.82) is 0 Å². The molecule has 2 rings (SSSR count). The second-order valence-electron chi connectivity index (χ2n) is 4.22. The number of furan rings is 1. The molecule has 0 spiro atoms. The summed E-state index contributed by atoms with van der Waals surface area (Å²) >= 11 is 0. The standard InChI is InChI=1S/C14H11F2NO4/c15-14(16,13(19)20)11(10-7-4-8-21-10)17-12(18)9-5-2-1-3-6-9/h1-8,11H,(H,17,18)(H,19,20). The first kappa shape index (κ1) is 14.7. The van der Waals surface area contributed by atoms with E-state index in [2.05, 4.69) is 0 Å². The van der Waals surface area contributed by atoms with E-state index >= 15 is 0 Å². The number of aliphatic carboxylic acids is 1. The van der Waals surface area contributed by atoms with Crippen LogP contribution in [0.1, 0.15) is 22.2 Å². The number of alkyl halides is 2. The van der Waals surface area contributed by atoms with Gasteiger partial charge in [-0.3, -0.25) is 4.79 Å². The van der Waals surface area contributed by atoms with Crippen LogP contribution >= 0.6 is 0 Å². The Bertz CT molecular complexity index is 626. The van der Waals surface area contributed by atoms with Crippen LogP contribution in [0.15, 0.2) is 53.1 Å². The fraction of sp³-hybridized carbons (Fsp3) is 0.143. The molecule has 0 aliphatic heterocycles. The minimum atomic E-state index is -4.21. The van der Waals surface area contributed by atoms with Crippen molar-refractivity contribution in [1.82, 2.24) is 5.32 Å². The zero-order valence-corrected chi connectivity index (χ0v) is 10.6. The summed E-state index contributed by atoms with van der Waals surface area (Å²) in [5.41, 5.74) is 0.134. The summed E-state index contributed by atoms with van der Waals surface area (Å²) in [6, 6.07) is 8.03. The van der Waals surface area contributed by atoms with Gasteiger partial charge in [-0.15, -0.1) is 0 Å². The minimum absolute atomic E-state index is 0.134. The number of nitrogens with one attached hydrogen (secondary N) is 1. The molecule has 5 nitrogen and oxygen atoms in total. The van der Waals surface area contributed by atoms with E-state index in [-0.39, 0.29) is 11.3 Å². The number of amides is 1. The third-order valence-corrected chi connectivity index (χ3v) is 2.79. The normalized spacial score (nSPS) is 12.7. The summed E-state index contributed by atoms with van der Waals surface area (Å²) in [4.78, 5) is 22.7. The van der Waals surface area contributed by atoms with Crippen LogP contribution in [0.4, 0.5) is 8.78 Å². The van der Waals surface area contributed by atoms with Gasteiger partial charge in [-0.25, -0.2) is 4.79 Å². The second kappa shape index (κ2) is 5.74. The molecule has 2 N–H and O–H groups in total. The third kappa shape index (κ3) is 3.07. The van der Waals surface area contributed by atoms with Gasteiger partial charge in [-0.1, -0.05) is 18.2 Å². The van der Waals surface area contributed by atoms with Crippen LogP contribution in [0.25, 0.3) is 0 Å². The van der Waals surface area contributed by atoms with Crippen molar-refractivity contribution in [2.45, 2.75) is 12.0 Å². The highest BCUT2D eigenvalue weighted by Crippen LogP contribution is 2.32. The van der Waals surface area contributed by atoms with Gasteiger partial charge >= 0.3 is 11.9 Å². The van der Waals surface area contributed by atoms with E-state index in [9.17, 15) is 18.4 Å². The Morgan fingerprint density at radius 1 is 1.14 bits per heavy atom. The van der Waals surface area contributed by atoms with Gasteiger partial charge in [-0.2, -0.15) is 8.78 Å². The van der Waals surface area contributed by atoms with Crippen molar-refractivity contribution in [2.24, 2.45) is 0 Å². The Labute approximate surface area is 118 Å². The van der Waals surface area contributed by atoms with Gasteiger partial charge in [0.15, 0.2) is 6.04 Å². The molecule has 110 valence electrons. The van der Waals surface area contributed by atoms with E-state index in [0.29, 0.717) is 0 Å². The van der Waals surface area contributed by atoms with E-state index < -0.39 is 23.8 Å². The maximum atomic E-state index is 13.8. The van der Waals surface area contributed by atoms with Crippen LogP contribution in [0.2, 0.25) is 0 Å². The largest absolute Gasteiger partial charge is 0.477 e. The van der Waals surface area contributed by atoms with Gasteiger partial charge in [0, 0.05) is 5.56 Å². The maximum absolute atomic E-state index is 13.8. The van der Waals surface area contributed by atoms with Gasteiger partial charge in [0.1, 0.15) is 5.76 Å². The molecule has 1 amide bonds. The van der Waals surface area contributed by atoms with E-state index in [1.165, 1.54) is 24.3 Å². The molecule has 1 aromatic heterocycles. The molecule has 1 heterocycles. The van der Waals surface area contributed by atoms with E-state index in [1.807, 2.05) is 5.32 Å². The molecule has 0 fully saturated rings. The highest BCUT2D eigenvalue weighted by Gasteiger charge is 2.50. The topological polar surface area (TPSA) is 79.5 Å². The molecule has 2 aromatic rings. The predicted octanol–water partition coefficient (Wildman–Crippen LogP) is 2.47. The first-order chi connectivity index (χ1) is 9.93. The number of hydrogen-bond donors (Lipinski definition) is 2. The lowest BCUT2D eigenvalue weighted by atomic mass is 10.1. The molecule has 0 aliphatic rings. The summed E-state index contributed by atoms with van der Waals surface area (Å²) in [6.45, 7) is 0. The van der Waals surface area contributed by atoms with Crippen LogP contribution in [0.3, 0.4) is 0 Å². The van der Waals surface area contributed by atoms with Gasteiger partial charge in [0.25, 0.3) is 5.91 Å². The number of carboxylic acid groups (broad SMARTS) is 1. The molecule has 7 heteroatoms. The van der Waals surface area contributed by atoms with E-state index in [0.717, 1.165) is 6.26 Å². The average Bonchev–Trinajstić information content (AvgIpc) is 2.98. The molecular weight excluding hydrogens is 284 g/mol. The molecule has 0 bridgehead atoms. The van der Waals surface area contributed by atoms with Crippen molar-refractivity contribution in [2.75, 3.05) is 0 Å². The third-order valence-electron chi connectivity index (χ3n) is 2.79. The molecule has 1 aromatic carbocycles. The highest BCUT2D eigenvalue weighted by molar-refractivity contribution is 5.95. The average molecular weight is 295 g/mol. The SMILES string of the molecule is O=C(NC(c1ccco1)C(F)(F)C(=O)O)c1ccccc1. The Balaban J connectivity index is 2.30. The quantitative estimate of drug-likeness (QED) is 0.888. The number of hydrogen-bond acceptors (Lipinski definition) is 3. The molecule has 0 aliphatic carbocycles. The van der Waals surface area contributed by atoms with Gasteiger partial charge in [0.2, 0.25) is 0 Å². The number of carboxylic acids is 1. The van der Waals surface area contributed by atoms with Crippen molar-refractivity contribution >= 4 is 11.9 Å². The Morgan fingerprint density at radius 2 is 1.81 bits per heavy atom. The fourth-order valence-corrected chi connectivity index (χ4v) is 1.72. The van der Waals surface area contributed by atoms with Crippen molar-refractivity contribution < 1.29 is 27.9 Å². The first-order valence-corrected chi connectivity index (χ1v) is 5.93. The van der Waals surface area contributed by atoms with E-state index in [1.54, 1.807) is 18.2 Å². The molecule has 1 atom stereocenters. The lowest BCUT2D eigenvalue weighted by molar-refractivity contribution is -0.170. The van der Waals surface area contributed by atoms with Gasteiger partial charge in [0.05, 0.1) is 6.26 Å². The van der Waals surface area contributed by atoms with Crippen molar-refractivity contribution in [3.05, 3.63) is 60.1 Å². The molecule has 21 heavy (non-hydrogen) atoms. The maximum Gasteiger partial charge on any atom is 0.377 e. The lowest BCUT2D eigenvalue weighted by Gasteiger charge is -2.22. The second-order valence-corrected chi connectivity index (χ2v) is 4.22. The number of halogens is 2. The Morgan fingerprint density at radius 3 is 2.33 bits per heavy atom. The number of rotatable bonds is 5. The molecule has 0 radical (unpaired) electrons. The Hall–Kier alpha value is -2.70. The fourth-order valence-electron chi connectivity index (χ4n) is 1.72. The predicted molar refractivity (Wildman–Crippen MR) is 67.9 cm³/mol. The van der Waals surface area contributed by atoms with Crippen molar-refractivity contribution in [3.8, 4) is 0 Å². The zero-order chi connectivity index (χ0) is 15.5. The van der Waals surface area contributed by atoms with Crippen LogP contribution < -0.4 is 5.32 Å². The van der Waals surface area contributed by atoms with Crippen LogP contribution in [0, 0.1) is 0 Å². The van der Waals surface area contributed by atoms with E-state index in [4.69, 9.17) is 9.52 Å². The van der Waals surface area contributed by atoms with Gasteiger partial charge < -0.3 is 14.8 Å². The van der Waals surface area contributed by atoms with Gasteiger partial charge in [-0.05, 0) is 24.3 Å². The number of carbonyl (C=O) groups excluding carboxylic acids is 1. The van der Waals surface area contributed by atoms with Crippen molar-refractivity contribution in [3.63, 3.8) is 0 Å². The smallest absolute Gasteiger partial charge is 0.377 e. The molecule has 0 saturated heterocycles. The zero-order valence-electron chi connectivity index (χ0n) is 10.6.